The summed E-state index contributed by atoms with van der Waals surface area (Å²) in [7, 11) is -3.74. The van der Waals surface area contributed by atoms with Crippen molar-refractivity contribution in [1.29, 1.82) is 0 Å². The van der Waals surface area contributed by atoms with Gasteiger partial charge in [-0.25, -0.2) is 13.6 Å². The predicted molar refractivity (Wildman–Crippen MR) is 81.4 cm³/mol. The van der Waals surface area contributed by atoms with Gasteiger partial charge in [0.25, 0.3) is 0 Å². The summed E-state index contributed by atoms with van der Waals surface area (Å²) < 4.78 is 22.7. The van der Waals surface area contributed by atoms with Gasteiger partial charge in [-0.05, 0) is 55.3 Å². The molecule has 0 unspecified atom stereocenters. The monoisotopic (exact) mass is 291 g/mol. The molecule has 20 heavy (non-hydrogen) atoms. The lowest BCUT2D eigenvalue weighted by molar-refractivity contribution is 0.598. The Bertz CT molecular complexity index is 755. The number of rotatable bonds is 3. The van der Waals surface area contributed by atoms with Gasteiger partial charge in [0.1, 0.15) is 0 Å². The number of nitrogens with two attached hydrogens (primary N) is 2. The van der Waals surface area contributed by atoms with Crippen molar-refractivity contribution in [3.63, 3.8) is 0 Å². The second-order valence-corrected chi connectivity index (χ2v) is 6.28. The van der Waals surface area contributed by atoms with Crippen LogP contribution in [-0.4, -0.2) is 8.42 Å². The third kappa shape index (κ3) is 3.09. The fourth-order valence-electron chi connectivity index (χ4n) is 1.80. The number of anilines is 3. The van der Waals surface area contributed by atoms with Crippen LogP contribution < -0.4 is 16.2 Å². The van der Waals surface area contributed by atoms with Gasteiger partial charge in [0.05, 0.1) is 16.3 Å². The standard InChI is InChI=1S/C14H17N3O2S/c1-9-3-4-11(7-10(9)2)17-14-8-12(20(16,18)19)5-6-13(14)15/h3-8,17H,15H2,1-2H3,(H2,16,18,19). The predicted octanol–water partition coefficient (Wildman–Crippen LogP) is 2.28. The van der Waals surface area contributed by atoms with Gasteiger partial charge in [-0.3, -0.25) is 0 Å². The van der Waals surface area contributed by atoms with Crippen LogP contribution in [0.15, 0.2) is 41.3 Å². The van der Waals surface area contributed by atoms with E-state index in [9.17, 15) is 8.42 Å². The largest absolute Gasteiger partial charge is 0.397 e. The molecule has 0 aromatic heterocycles. The molecule has 0 saturated heterocycles. The smallest absolute Gasteiger partial charge is 0.238 e. The Morgan fingerprint density at radius 2 is 1.70 bits per heavy atom. The Morgan fingerprint density at radius 3 is 2.30 bits per heavy atom. The molecule has 0 spiro atoms. The number of sulfonamides is 1. The van der Waals surface area contributed by atoms with Crippen LogP contribution in [0.1, 0.15) is 11.1 Å². The van der Waals surface area contributed by atoms with Crippen LogP contribution in [0.3, 0.4) is 0 Å². The van der Waals surface area contributed by atoms with Crippen LogP contribution in [0, 0.1) is 13.8 Å². The maximum atomic E-state index is 11.4. The molecule has 0 fully saturated rings. The number of benzene rings is 2. The van der Waals surface area contributed by atoms with Crippen molar-refractivity contribution < 1.29 is 8.42 Å². The molecule has 0 radical (unpaired) electrons. The van der Waals surface area contributed by atoms with E-state index in [0.29, 0.717) is 11.4 Å². The van der Waals surface area contributed by atoms with Crippen LogP contribution in [0.2, 0.25) is 0 Å². The van der Waals surface area contributed by atoms with Crippen LogP contribution in [0.4, 0.5) is 17.1 Å². The second-order valence-electron chi connectivity index (χ2n) is 4.72. The minimum atomic E-state index is -3.74. The van der Waals surface area contributed by atoms with E-state index < -0.39 is 10.0 Å². The van der Waals surface area contributed by atoms with Crippen molar-refractivity contribution in [2.45, 2.75) is 18.7 Å². The fraction of sp³-hybridized carbons (Fsp3) is 0.143. The number of hydrogen-bond acceptors (Lipinski definition) is 4. The van der Waals surface area contributed by atoms with Gasteiger partial charge >= 0.3 is 0 Å². The Balaban J connectivity index is 2.40. The van der Waals surface area contributed by atoms with Crippen LogP contribution in [-0.2, 0) is 10.0 Å². The van der Waals surface area contributed by atoms with Crippen molar-refractivity contribution in [3.8, 4) is 0 Å². The second kappa shape index (κ2) is 5.15. The zero-order chi connectivity index (χ0) is 14.9. The zero-order valence-corrected chi connectivity index (χ0v) is 12.2. The normalized spacial score (nSPS) is 11.3. The first kappa shape index (κ1) is 14.4. The van der Waals surface area contributed by atoms with Gasteiger partial charge in [0.2, 0.25) is 10.0 Å². The summed E-state index contributed by atoms with van der Waals surface area (Å²) in [6.07, 6.45) is 0. The van der Waals surface area contributed by atoms with Crippen molar-refractivity contribution in [1.82, 2.24) is 0 Å². The summed E-state index contributed by atoms with van der Waals surface area (Å²) in [6, 6.07) is 10.2. The minimum absolute atomic E-state index is 0.0260. The van der Waals surface area contributed by atoms with Crippen molar-refractivity contribution in [2.24, 2.45) is 5.14 Å². The highest BCUT2D eigenvalue weighted by Gasteiger charge is 2.10. The lowest BCUT2D eigenvalue weighted by Gasteiger charge is -2.12. The SMILES string of the molecule is Cc1ccc(Nc2cc(S(N)(=O)=O)ccc2N)cc1C. The van der Waals surface area contributed by atoms with E-state index in [4.69, 9.17) is 10.9 Å². The number of primary sulfonamides is 1. The Labute approximate surface area is 118 Å². The summed E-state index contributed by atoms with van der Waals surface area (Å²) in [4.78, 5) is 0.0260. The highest BCUT2D eigenvalue weighted by Crippen LogP contribution is 2.26. The van der Waals surface area contributed by atoms with E-state index in [1.54, 1.807) is 0 Å². The first-order chi connectivity index (χ1) is 9.27. The van der Waals surface area contributed by atoms with Crippen molar-refractivity contribution in [2.75, 3.05) is 11.1 Å². The number of nitrogen functional groups attached to an aromatic ring is 1. The van der Waals surface area contributed by atoms with E-state index in [0.717, 1.165) is 11.3 Å². The molecule has 5 nitrogen and oxygen atoms in total. The molecule has 0 aliphatic heterocycles. The van der Waals surface area contributed by atoms with E-state index in [2.05, 4.69) is 5.32 Å². The molecule has 6 heteroatoms. The lowest BCUT2D eigenvalue weighted by atomic mass is 10.1. The van der Waals surface area contributed by atoms with Gasteiger partial charge in [-0.1, -0.05) is 6.07 Å². The van der Waals surface area contributed by atoms with Gasteiger partial charge in [-0.15, -0.1) is 0 Å². The van der Waals surface area contributed by atoms with Crippen LogP contribution >= 0.6 is 0 Å². The molecule has 0 atom stereocenters. The number of nitrogens with one attached hydrogen (secondary N) is 1. The maximum Gasteiger partial charge on any atom is 0.238 e. The Kier molecular flexibility index (Phi) is 3.69. The summed E-state index contributed by atoms with van der Waals surface area (Å²) >= 11 is 0. The van der Waals surface area contributed by atoms with Gasteiger partial charge < -0.3 is 11.1 Å². The molecule has 106 valence electrons. The number of hydrogen-bond donors (Lipinski definition) is 3. The molecule has 2 rings (SSSR count). The first-order valence-electron chi connectivity index (χ1n) is 6.04. The minimum Gasteiger partial charge on any atom is -0.397 e. The van der Waals surface area contributed by atoms with Gasteiger partial charge in [0, 0.05) is 5.69 Å². The summed E-state index contributed by atoms with van der Waals surface area (Å²) in [6.45, 7) is 4.03. The van der Waals surface area contributed by atoms with Crippen molar-refractivity contribution >= 4 is 27.1 Å². The molecule has 0 heterocycles. The molecule has 0 bridgehead atoms. The zero-order valence-electron chi connectivity index (χ0n) is 11.3. The maximum absolute atomic E-state index is 11.4. The molecular formula is C14H17N3O2S. The molecule has 2 aromatic carbocycles. The molecule has 0 amide bonds. The highest BCUT2D eigenvalue weighted by atomic mass is 32.2. The molecule has 5 N–H and O–H groups in total. The third-order valence-corrected chi connectivity index (χ3v) is 4.05. The van der Waals surface area contributed by atoms with Crippen LogP contribution in [0.25, 0.3) is 0 Å². The Morgan fingerprint density at radius 1 is 1.00 bits per heavy atom. The molecular weight excluding hydrogens is 274 g/mol. The summed E-state index contributed by atoms with van der Waals surface area (Å²) in [5, 5.41) is 8.22. The van der Waals surface area contributed by atoms with Crippen molar-refractivity contribution in [3.05, 3.63) is 47.5 Å². The topological polar surface area (TPSA) is 98.2 Å². The molecule has 0 saturated carbocycles. The van der Waals surface area contributed by atoms with Gasteiger partial charge in [-0.2, -0.15) is 0 Å². The molecule has 2 aromatic rings. The van der Waals surface area contributed by atoms with Gasteiger partial charge in [0.15, 0.2) is 0 Å². The average Bonchev–Trinajstić information content (AvgIpc) is 2.35. The summed E-state index contributed by atoms with van der Waals surface area (Å²) in [5.74, 6) is 0. The van der Waals surface area contributed by atoms with Crippen LogP contribution in [0.5, 0.6) is 0 Å². The first-order valence-corrected chi connectivity index (χ1v) is 7.58. The Hall–Kier alpha value is -2.05. The highest BCUT2D eigenvalue weighted by molar-refractivity contribution is 7.89. The molecule has 0 aliphatic rings. The summed E-state index contributed by atoms with van der Waals surface area (Å²) in [5.41, 5.74) is 9.98. The van der Waals surface area contributed by atoms with E-state index in [1.165, 1.54) is 23.8 Å². The lowest BCUT2D eigenvalue weighted by Crippen LogP contribution is -2.12. The van der Waals surface area contributed by atoms with E-state index in [-0.39, 0.29) is 4.90 Å². The van der Waals surface area contributed by atoms with E-state index in [1.807, 2.05) is 32.0 Å². The average molecular weight is 291 g/mol. The third-order valence-electron chi connectivity index (χ3n) is 3.14. The van der Waals surface area contributed by atoms with E-state index >= 15 is 0 Å². The fourth-order valence-corrected chi connectivity index (χ4v) is 2.34. The number of aryl methyl sites for hydroxylation is 2. The molecule has 0 aliphatic carbocycles. The quantitative estimate of drug-likeness (QED) is 0.755.